The van der Waals surface area contributed by atoms with Crippen LogP contribution in [0, 0.1) is 0 Å². The normalized spacial score (nSPS) is 13.1. The first kappa shape index (κ1) is 15.7. The van der Waals surface area contributed by atoms with Crippen LogP contribution in [0.1, 0.15) is 45.1 Å². The Morgan fingerprint density at radius 1 is 1.32 bits per heavy atom. The minimum absolute atomic E-state index is 0.0789. The number of nitrogens with zero attached hydrogens (tertiary/aromatic N) is 1. The van der Waals surface area contributed by atoms with Gasteiger partial charge in [0.25, 0.3) is 0 Å². The number of amides is 1. The molecule has 0 aliphatic rings. The van der Waals surface area contributed by atoms with Crippen LogP contribution in [0.15, 0.2) is 30.3 Å². The van der Waals surface area contributed by atoms with Crippen LogP contribution in [0.4, 0.5) is 0 Å². The van der Waals surface area contributed by atoms with Gasteiger partial charge in [0.15, 0.2) is 0 Å². The van der Waals surface area contributed by atoms with Crippen molar-refractivity contribution in [2.24, 2.45) is 0 Å². The summed E-state index contributed by atoms with van der Waals surface area (Å²) in [5.74, 6) is -0.0336. The molecule has 1 unspecified atom stereocenters. The summed E-state index contributed by atoms with van der Waals surface area (Å²) in [6.07, 6.45) is 1.79. The van der Waals surface area contributed by atoms with Gasteiger partial charge >= 0.3 is 0 Å². The Bertz CT molecular complexity index is 395. The van der Waals surface area contributed by atoms with Gasteiger partial charge in [-0.1, -0.05) is 43.7 Å². The fourth-order valence-electron chi connectivity index (χ4n) is 2.33. The fraction of sp³-hybridized carbons (Fsp3) is 0.562. The molecular formula is C16H25NO2. The molecule has 0 fully saturated rings. The van der Waals surface area contributed by atoms with Crippen molar-refractivity contribution in [1.82, 2.24) is 4.90 Å². The van der Waals surface area contributed by atoms with Crippen LogP contribution < -0.4 is 0 Å². The Morgan fingerprint density at radius 2 is 1.89 bits per heavy atom. The second-order valence-electron chi connectivity index (χ2n) is 5.76. The number of rotatable bonds is 6. The minimum Gasteiger partial charge on any atom is -0.389 e. The van der Waals surface area contributed by atoms with E-state index in [-0.39, 0.29) is 11.8 Å². The van der Waals surface area contributed by atoms with Gasteiger partial charge in [0, 0.05) is 13.6 Å². The van der Waals surface area contributed by atoms with E-state index in [2.05, 4.69) is 6.92 Å². The summed E-state index contributed by atoms with van der Waals surface area (Å²) >= 11 is 0. The van der Waals surface area contributed by atoms with E-state index < -0.39 is 5.60 Å². The fourth-order valence-corrected chi connectivity index (χ4v) is 2.33. The highest BCUT2D eigenvalue weighted by Gasteiger charge is 2.26. The van der Waals surface area contributed by atoms with Gasteiger partial charge < -0.3 is 10.0 Å². The molecule has 0 aliphatic carbocycles. The quantitative estimate of drug-likeness (QED) is 0.857. The lowest BCUT2D eigenvalue weighted by Crippen LogP contribution is -2.41. The average Bonchev–Trinajstić information content (AvgIpc) is 2.34. The SMILES string of the molecule is CCCC(C(=O)N(C)CC(C)(C)O)c1ccccc1. The van der Waals surface area contributed by atoms with Crippen molar-refractivity contribution in [3.8, 4) is 0 Å². The number of hydrogen-bond donors (Lipinski definition) is 1. The molecule has 106 valence electrons. The molecule has 0 saturated heterocycles. The zero-order valence-corrected chi connectivity index (χ0v) is 12.4. The monoisotopic (exact) mass is 263 g/mol. The van der Waals surface area contributed by atoms with E-state index in [1.807, 2.05) is 30.3 Å². The standard InChI is InChI=1S/C16H25NO2/c1-5-9-14(13-10-7-6-8-11-13)15(18)17(4)12-16(2,3)19/h6-8,10-11,14,19H,5,9,12H2,1-4H3. The number of likely N-dealkylation sites (N-methyl/N-ethyl adjacent to an activating group) is 1. The number of hydrogen-bond acceptors (Lipinski definition) is 2. The number of benzene rings is 1. The predicted molar refractivity (Wildman–Crippen MR) is 78.0 cm³/mol. The molecule has 1 N–H and O–H groups in total. The van der Waals surface area contributed by atoms with E-state index in [1.54, 1.807) is 25.8 Å². The molecule has 1 aromatic rings. The molecule has 0 bridgehead atoms. The Hall–Kier alpha value is -1.35. The zero-order chi connectivity index (χ0) is 14.5. The summed E-state index contributed by atoms with van der Waals surface area (Å²) in [6.45, 7) is 5.86. The number of carbonyl (C=O) groups is 1. The van der Waals surface area contributed by atoms with Crippen LogP contribution in [0.2, 0.25) is 0 Å². The Balaban J connectivity index is 2.85. The summed E-state index contributed by atoms with van der Waals surface area (Å²) in [5, 5.41) is 9.83. The third kappa shape index (κ3) is 5.03. The first-order chi connectivity index (χ1) is 8.85. The lowest BCUT2D eigenvalue weighted by atomic mass is 9.93. The van der Waals surface area contributed by atoms with Crippen molar-refractivity contribution in [2.75, 3.05) is 13.6 Å². The third-order valence-corrected chi connectivity index (χ3v) is 3.08. The molecule has 1 aromatic carbocycles. The van der Waals surface area contributed by atoms with Crippen molar-refractivity contribution in [3.63, 3.8) is 0 Å². The Morgan fingerprint density at radius 3 is 2.37 bits per heavy atom. The molecular weight excluding hydrogens is 238 g/mol. The maximum absolute atomic E-state index is 12.5. The lowest BCUT2D eigenvalue weighted by Gasteiger charge is -2.29. The zero-order valence-electron chi connectivity index (χ0n) is 12.4. The summed E-state index contributed by atoms with van der Waals surface area (Å²) in [6, 6.07) is 9.87. The first-order valence-corrected chi connectivity index (χ1v) is 6.87. The molecule has 0 spiro atoms. The molecule has 3 heteroatoms. The highest BCUT2D eigenvalue weighted by Crippen LogP contribution is 2.23. The molecule has 0 aliphatic heterocycles. The van der Waals surface area contributed by atoms with Crippen LogP contribution in [0.25, 0.3) is 0 Å². The van der Waals surface area contributed by atoms with E-state index in [1.165, 1.54) is 0 Å². The van der Waals surface area contributed by atoms with Crippen LogP contribution >= 0.6 is 0 Å². The van der Waals surface area contributed by atoms with Gasteiger partial charge in [-0.15, -0.1) is 0 Å². The predicted octanol–water partition coefficient (Wildman–Crippen LogP) is 2.80. The average molecular weight is 263 g/mol. The number of carbonyl (C=O) groups excluding carboxylic acids is 1. The highest BCUT2D eigenvalue weighted by atomic mass is 16.3. The van der Waals surface area contributed by atoms with Crippen LogP contribution in [-0.2, 0) is 4.79 Å². The maximum Gasteiger partial charge on any atom is 0.229 e. The van der Waals surface area contributed by atoms with E-state index in [0.717, 1.165) is 18.4 Å². The van der Waals surface area contributed by atoms with Gasteiger partial charge in [-0.05, 0) is 25.8 Å². The van der Waals surface area contributed by atoms with Crippen molar-refractivity contribution in [2.45, 2.75) is 45.1 Å². The lowest BCUT2D eigenvalue weighted by molar-refractivity contribution is -0.134. The van der Waals surface area contributed by atoms with E-state index in [0.29, 0.717) is 6.54 Å². The van der Waals surface area contributed by atoms with E-state index >= 15 is 0 Å². The maximum atomic E-state index is 12.5. The Kier molecular flexibility index (Phi) is 5.55. The molecule has 1 amide bonds. The van der Waals surface area contributed by atoms with Crippen LogP contribution in [0.3, 0.4) is 0 Å². The highest BCUT2D eigenvalue weighted by molar-refractivity contribution is 5.83. The van der Waals surface area contributed by atoms with Crippen LogP contribution in [-0.4, -0.2) is 35.1 Å². The van der Waals surface area contributed by atoms with Gasteiger partial charge in [0.05, 0.1) is 11.5 Å². The van der Waals surface area contributed by atoms with Gasteiger partial charge in [-0.2, -0.15) is 0 Å². The Labute approximate surface area is 116 Å². The van der Waals surface area contributed by atoms with Gasteiger partial charge in [0.2, 0.25) is 5.91 Å². The smallest absolute Gasteiger partial charge is 0.229 e. The molecule has 1 atom stereocenters. The van der Waals surface area contributed by atoms with Crippen LogP contribution in [0.5, 0.6) is 0 Å². The van der Waals surface area contributed by atoms with Gasteiger partial charge in [0.1, 0.15) is 0 Å². The summed E-state index contributed by atoms with van der Waals surface area (Å²) in [7, 11) is 1.76. The second-order valence-corrected chi connectivity index (χ2v) is 5.76. The largest absolute Gasteiger partial charge is 0.389 e. The molecule has 19 heavy (non-hydrogen) atoms. The number of aliphatic hydroxyl groups is 1. The molecule has 0 heterocycles. The third-order valence-electron chi connectivity index (χ3n) is 3.08. The van der Waals surface area contributed by atoms with Gasteiger partial charge in [-0.25, -0.2) is 0 Å². The van der Waals surface area contributed by atoms with Crippen molar-refractivity contribution < 1.29 is 9.90 Å². The topological polar surface area (TPSA) is 40.5 Å². The van der Waals surface area contributed by atoms with Crippen molar-refractivity contribution in [1.29, 1.82) is 0 Å². The molecule has 0 aromatic heterocycles. The molecule has 1 rings (SSSR count). The molecule has 0 radical (unpaired) electrons. The van der Waals surface area contributed by atoms with Gasteiger partial charge in [-0.3, -0.25) is 4.79 Å². The summed E-state index contributed by atoms with van der Waals surface area (Å²) < 4.78 is 0. The summed E-state index contributed by atoms with van der Waals surface area (Å²) in [4.78, 5) is 14.2. The molecule has 0 saturated carbocycles. The summed E-state index contributed by atoms with van der Waals surface area (Å²) in [5.41, 5.74) is 0.189. The van der Waals surface area contributed by atoms with Crippen molar-refractivity contribution >= 4 is 5.91 Å². The van der Waals surface area contributed by atoms with E-state index in [4.69, 9.17) is 0 Å². The first-order valence-electron chi connectivity index (χ1n) is 6.87. The van der Waals surface area contributed by atoms with Crippen molar-refractivity contribution in [3.05, 3.63) is 35.9 Å². The molecule has 3 nitrogen and oxygen atoms in total. The van der Waals surface area contributed by atoms with E-state index in [9.17, 15) is 9.90 Å². The minimum atomic E-state index is -0.863. The second kappa shape index (κ2) is 6.71.